The van der Waals surface area contributed by atoms with Gasteiger partial charge < -0.3 is 16.8 Å². The van der Waals surface area contributed by atoms with Crippen molar-refractivity contribution in [2.24, 2.45) is 10.8 Å². The van der Waals surface area contributed by atoms with Gasteiger partial charge in [0.25, 0.3) is 5.91 Å². The number of primary amides is 1. The van der Waals surface area contributed by atoms with Gasteiger partial charge in [0.15, 0.2) is 5.82 Å². The van der Waals surface area contributed by atoms with Gasteiger partial charge in [-0.15, -0.1) is 0 Å². The van der Waals surface area contributed by atoms with E-state index in [1.54, 1.807) is 44.3 Å². The number of nitrogens with zero attached hydrogens (tertiary/aromatic N) is 3. The van der Waals surface area contributed by atoms with Crippen LogP contribution in [0.2, 0.25) is 0 Å². The molecule has 9 nitrogen and oxygen atoms in total. The number of hydrogen-bond donors (Lipinski definition) is 3. The van der Waals surface area contributed by atoms with Crippen LogP contribution in [-0.2, 0) is 16.1 Å². The molecular weight excluding hydrogens is 403 g/mol. The number of halogens is 1. The van der Waals surface area contributed by atoms with Gasteiger partial charge in [-0.25, -0.2) is 9.18 Å². The SMILES string of the molecule is CN1CC=C(/C(=C/CC(N)=O)c2ccc(CN3C(=O)NC(C)(C)C3=O)c(F)c2N)C=N1. The third-order valence-corrected chi connectivity index (χ3v) is 5.11. The Bertz CT molecular complexity index is 1040. The summed E-state index contributed by atoms with van der Waals surface area (Å²) in [5.74, 6) is -1.73. The Balaban J connectivity index is 1.96. The fourth-order valence-electron chi connectivity index (χ4n) is 3.38. The standard InChI is InChI=1S/C21H25FN6O3/c1-21(2)19(30)28(20(31)26-21)11-13-4-5-15(18(24)17(13)22)14(6-7-16(23)29)12-8-9-27(3)25-10-12/h4-6,8,10H,7,9,11,24H2,1-3H3,(H2,23,29)(H,26,31)/b14-6-. The van der Waals surface area contributed by atoms with Crippen molar-refractivity contribution in [3.05, 3.63) is 46.8 Å². The van der Waals surface area contributed by atoms with Gasteiger partial charge in [-0.1, -0.05) is 24.3 Å². The van der Waals surface area contributed by atoms with Crippen molar-refractivity contribution < 1.29 is 18.8 Å². The predicted molar refractivity (Wildman–Crippen MR) is 115 cm³/mol. The van der Waals surface area contributed by atoms with Crippen molar-refractivity contribution in [1.29, 1.82) is 0 Å². The van der Waals surface area contributed by atoms with Crippen LogP contribution in [0.15, 0.2) is 35.0 Å². The molecule has 3 rings (SSSR count). The summed E-state index contributed by atoms with van der Waals surface area (Å²) in [4.78, 5) is 36.8. The van der Waals surface area contributed by atoms with Crippen molar-refractivity contribution in [1.82, 2.24) is 15.2 Å². The third-order valence-electron chi connectivity index (χ3n) is 5.11. The molecule has 0 atom stereocenters. The average Bonchev–Trinajstić information content (AvgIpc) is 2.89. The molecule has 0 unspecified atom stereocenters. The second-order valence-corrected chi connectivity index (χ2v) is 7.98. The molecule has 0 radical (unpaired) electrons. The summed E-state index contributed by atoms with van der Waals surface area (Å²) in [5, 5.41) is 8.48. The summed E-state index contributed by atoms with van der Waals surface area (Å²) < 4.78 is 15.2. The summed E-state index contributed by atoms with van der Waals surface area (Å²) in [6, 6.07) is 2.47. The molecule has 0 spiro atoms. The van der Waals surface area contributed by atoms with Crippen LogP contribution in [0.4, 0.5) is 14.9 Å². The Morgan fingerprint density at radius 3 is 2.61 bits per heavy atom. The maximum Gasteiger partial charge on any atom is 0.325 e. The van der Waals surface area contributed by atoms with Gasteiger partial charge in [-0.05, 0) is 25.0 Å². The summed E-state index contributed by atoms with van der Waals surface area (Å²) in [6.07, 6.45) is 4.99. The number of hydrogen-bond acceptors (Lipinski definition) is 6. The van der Waals surface area contributed by atoms with E-state index >= 15 is 4.39 Å². The number of imide groups is 1. The Labute approximate surface area is 179 Å². The normalized spacial score (nSPS) is 18.3. The molecule has 1 aromatic rings. The summed E-state index contributed by atoms with van der Waals surface area (Å²) in [5.41, 5.74) is 11.8. The highest BCUT2D eigenvalue weighted by atomic mass is 19.1. The minimum atomic E-state index is -1.05. The maximum absolute atomic E-state index is 15.2. The van der Waals surface area contributed by atoms with E-state index in [-0.39, 0.29) is 24.2 Å². The number of carbonyl (C=O) groups excluding carboxylic acids is 3. The smallest absolute Gasteiger partial charge is 0.325 e. The number of benzene rings is 1. The van der Waals surface area contributed by atoms with Gasteiger partial charge in [-0.3, -0.25) is 19.5 Å². The first kappa shape index (κ1) is 22.0. The molecule has 5 N–H and O–H groups in total. The summed E-state index contributed by atoms with van der Waals surface area (Å²) in [6.45, 7) is 3.43. The quantitative estimate of drug-likeness (QED) is 0.465. The fourth-order valence-corrected chi connectivity index (χ4v) is 3.38. The number of amides is 4. The lowest BCUT2D eigenvalue weighted by Gasteiger charge is -2.20. The number of anilines is 1. The van der Waals surface area contributed by atoms with Crippen molar-refractivity contribution in [2.45, 2.75) is 32.4 Å². The lowest BCUT2D eigenvalue weighted by molar-refractivity contribution is -0.130. The Morgan fingerprint density at radius 2 is 2.06 bits per heavy atom. The maximum atomic E-state index is 15.2. The minimum Gasteiger partial charge on any atom is -0.396 e. The van der Waals surface area contributed by atoms with Crippen molar-refractivity contribution in [2.75, 3.05) is 19.3 Å². The molecular formula is C21H25FN6O3. The van der Waals surface area contributed by atoms with E-state index in [4.69, 9.17) is 11.5 Å². The molecule has 1 aromatic carbocycles. The number of likely N-dealkylation sites (N-methyl/N-ethyl adjacent to an activating group) is 1. The molecule has 1 fully saturated rings. The van der Waals surface area contributed by atoms with Crippen LogP contribution in [0, 0.1) is 5.82 Å². The van der Waals surface area contributed by atoms with Gasteiger partial charge in [-0.2, -0.15) is 5.10 Å². The number of hydrazone groups is 1. The molecule has 2 aliphatic rings. The monoisotopic (exact) mass is 428 g/mol. The van der Waals surface area contributed by atoms with Gasteiger partial charge in [0.1, 0.15) is 5.54 Å². The largest absolute Gasteiger partial charge is 0.396 e. The van der Waals surface area contributed by atoms with Crippen LogP contribution in [-0.4, -0.2) is 53.1 Å². The van der Waals surface area contributed by atoms with Crippen LogP contribution in [0.3, 0.4) is 0 Å². The molecule has 1 saturated heterocycles. The zero-order valence-corrected chi connectivity index (χ0v) is 17.6. The third kappa shape index (κ3) is 4.42. The zero-order chi connectivity index (χ0) is 22.9. The van der Waals surface area contributed by atoms with Crippen molar-refractivity contribution in [3.63, 3.8) is 0 Å². The first-order valence-corrected chi connectivity index (χ1v) is 9.66. The molecule has 164 valence electrons. The minimum absolute atomic E-state index is 0.0588. The van der Waals surface area contributed by atoms with E-state index in [9.17, 15) is 14.4 Å². The highest BCUT2D eigenvalue weighted by Crippen LogP contribution is 2.32. The highest BCUT2D eigenvalue weighted by molar-refractivity contribution is 6.06. The molecule has 0 bridgehead atoms. The van der Waals surface area contributed by atoms with E-state index in [0.29, 0.717) is 23.3 Å². The Hall–Kier alpha value is -3.69. The number of nitrogen functional groups attached to an aromatic ring is 1. The van der Waals surface area contributed by atoms with E-state index in [2.05, 4.69) is 10.4 Å². The van der Waals surface area contributed by atoms with E-state index in [1.807, 2.05) is 6.08 Å². The second kappa shape index (κ2) is 8.21. The lowest BCUT2D eigenvalue weighted by atomic mass is 9.93. The van der Waals surface area contributed by atoms with Crippen molar-refractivity contribution in [3.8, 4) is 0 Å². The van der Waals surface area contributed by atoms with Crippen LogP contribution < -0.4 is 16.8 Å². The molecule has 31 heavy (non-hydrogen) atoms. The van der Waals surface area contributed by atoms with Gasteiger partial charge in [0.05, 0.1) is 25.0 Å². The lowest BCUT2D eigenvalue weighted by Crippen LogP contribution is -2.40. The molecule has 2 heterocycles. The molecule has 10 heteroatoms. The Morgan fingerprint density at radius 1 is 1.35 bits per heavy atom. The molecule has 0 aliphatic carbocycles. The number of allylic oxidation sites excluding steroid dienone is 2. The predicted octanol–water partition coefficient (Wildman–Crippen LogP) is 1.35. The molecule has 4 amide bonds. The van der Waals surface area contributed by atoms with E-state index in [1.165, 1.54) is 6.07 Å². The molecule has 0 aromatic heterocycles. The number of rotatable bonds is 6. The van der Waals surface area contributed by atoms with Crippen LogP contribution in [0.1, 0.15) is 31.4 Å². The zero-order valence-electron chi connectivity index (χ0n) is 17.6. The topological polar surface area (TPSA) is 134 Å². The Kier molecular flexibility index (Phi) is 5.83. The fraction of sp³-hybridized carbons (Fsp3) is 0.333. The van der Waals surface area contributed by atoms with Crippen LogP contribution in [0.5, 0.6) is 0 Å². The van der Waals surface area contributed by atoms with Gasteiger partial charge >= 0.3 is 6.03 Å². The number of nitrogens with two attached hydrogens (primary N) is 2. The summed E-state index contributed by atoms with van der Waals surface area (Å²) >= 11 is 0. The average molecular weight is 428 g/mol. The number of urea groups is 1. The highest BCUT2D eigenvalue weighted by Gasteiger charge is 2.44. The number of carbonyl (C=O) groups is 3. The summed E-state index contributed by atoms with van der Waals surface area (Å²) in [7, 11) is 1.80. The first-order chi connectivity index (χ1) is 14.5. The molecule has 2 aliphatic heterocycles. The second-order valence-electron chi connectivity index (χ2n) is 7.98. The molecule has 0 saturated carbocycles. The first-order valence-electron chi connectivity index (χ1n) is 9.66. The van der Waals surface area contributed by atoms with Gasteiger partial charge in [0.2, 0.25) is 5.91 Å². The number of nitrogens with one attached hydrogen (secondary N) is 1. The van der Waals surface area contributed by atoms with Crippen LogP contribution >= 0.6 is 0 Å². The van der Waals surface area contributed by atoms with Gasteiger partial charge in [0, 0.05) is 24.6 Å². The van der Waals surface area contributed by atoms with Crippen molar-refractivity contribution >= 4 is 35.3 Å². The van der Waals surface area contributed by atoms with E-state index < -0.39 is 29.2 Å². The van der Waals surface area contributed by atoms with E-state index in [0.717, 1.165) is 4.90 Å². The van der Waals surface area contributed by atoms with Crippen LogP contribution in [0.25, 0.3) is 5.57 Å².